The van der Waals surface area contributed by atoms with Gasteiger partial charge < -0.3 is 9.13 Å². The summed E-state index contributed by atoms with van der Waals surface area (Å²) >= 11 is 1.86. The highest BCUT2D eigenvalue weighted by molar-refractivity contribution is 7.26. The van der Waals surface area contributed by atoms with Gasteiger partial charge in [-0.05, 0) is 30.3 Å². The number of fused-ring (bicyclic) bond motifs is 9. The Labute approximate surface area is 227 Å². The third-order valence-corrected chi connectivity index (χ3v) is 9.27. The van der Waals surface area contributed by atoms with Gasteiger partial charge in [0.1, 0.15) is 0 Å². The summed E-state index contributed by atoms with van der Waals surface area (Å²) in [6, 6.07) is 41.4. The van der Waals surface area contributed by atoms with Crippen LogP contribution in [0.1, 0.15) is 0 Å². The van der Waals surface area contributed by atoms with E-state index in [9.17, 15) is 0 Å². The zero-order chi connectivity index (χ0) is 25.5. The number of aromatic nitrogens is 3. The van der Waals surface area contributed by atoms with Crippen LogP contribution in [-0.4, -0.2) is 14.1 Å². The van der Waals surface area contributed by atoms with Crippen molar-refractivity contribution in [2.24, 2.45) is 0 Å². The molecule has 5 aromatic carbocycles. The number of nitrogens with zero attached hydrogens (tertiary/aromatic N) is 3. The molecular weight excluding hydrogens is 494 g/mol. The molecule has 0 amide bonds. The lowest BCUT2D eigenvalue weighted by molar-refractivity contribution is 1.17. The molecular formula is C35H21N3S. The zero-order valence-corrected chi connectivity index (χ0v) is 21.7. The van der Waals surface area contributed by atoms with Gasteiger partial charge in [-0.15, -0.1) is 11.3 Å². The molecule has 9 aromatic rings. The van der Waals surface area contributed by atoms with Crippen molar-refractivity contribution in [3.8, 4) is 11.4 Å². The number of rotatable bonds is 2. The van der Waals surface area contributed by atoms with Crippen molar-refractivity contribution in [1.82, 2.24) is 14.1 Å². The summed E-state index contributed by atoms with van der Waals surface area (Å²) in [5.41, 5.74) is 7.19. The molecule has 4 heterocycles. The summed E-state index contributed by atoms with van der Waals surface area (Å²) < 4.78 is 7.33. The van der Waals surface area contributed by atoms with E-state index in [2.05, 4.69) is 124 Å². The molecule has 3 nitrogen and oxygen atoms in total. The lowest BCUT2D eigenvalue weighted by atomic mass is 10.1. The van der Waals surface area contributed by atoms with Gasteiger partial charge in [0, 0.05) is 38.5 Å². The van der Waals surface area contributed by atoms with Crippen LogP contribution in [0.25, 0.3) is 75.2 Å². The summed E-state index contributed by atoms with van der Waals surface area (Å²) in [7, 11) is 0. The van der Waals surface area contributed by atoms with Crippen LogP contribution in [0.2, 0.25) is 0 Å². The van der Waals surface area contributed by atoms with Crippen molar-refractivity contribution in [2.45, 2.75) is 0 Å². The SMILES string of the molecule is c1cc(-n2c3ccccc3c3ccccc32)c2sc3c(-n4c5ccccc5c5ccccc54)cncc3c2c1. The van der Waals surface area contributed by atoms with Crippen LogP contribution in [0.4, 0.5) is 0 Å². The fraction of sp³-hybridized carbons (Fsp3) is 0. The van der Waals surface area contributed by atoms with Gasteiger partial charge in [-0.1, -0.05) is 84.9 Å². The van der Waals surface area contributed by atoms with Crippen molar-refractivity contribution < 1.29 is 0 Å². The molecule has 9 rings (SSSR count). The van der Waals surface area contributed by atoms with Gasteiger partial charge in [-0.25, -0.2) is 0 Å². The van der Waals surface area contributed by atoms with E-state index in [0.717, 1.165) is 5.69 Å². The number of pyridine rings is 1. The first-order valence-corrected chi connectivity index (χ1v) is 14.0. The Balaban J connectivity index is 1.41. The van der Waals surface area contributed by atoms with Crippen LogP contribution in [0, 0.1) is 0 Å². The third-order valence-electron chi connectivity index (χ3n) is 8.01. The molecule has 0 unspecified atom stereocenters. The Morgan fingerprint density at radius 1 is 0.385 bits per heavy atom. The fourth-order valence-corrected chi connectivity index (χ4v) is 7.66. The molecule has 4 aromatic heterocycles. The van der Waals surface area contributed by atoms with Gasteiger partial charge in [0.2, 0.25) is 0 Å². The lowest BCUT2D eigenvalue weighted by Gasteiger charge is -2.09. The topological polar surface area (TPSA) is 22.8 Å². The Hall–Kier alpha value is -4.93. The van der Waals surface area contributed by atoms with Crippen molar-refractivity contribution in [3.63, 3.8) is 0 Å². The number of para-hydroxylation sites is 4. The van der Waals surface area contributed by atoms with Gasteiger partial charge in [0.25, 0.3) is 0 Å². The first kappa shape index (κ1) is 21.1. The third kappa shape index (κ3) is 2.78. The lowest BCUT2D eigenvalue weighted by Crippen LogP contribution is -1.94. The molecule has 0 aliphatic rings. The van der Waals surface area contributed by atoms with Crippen LogP contribution >= 0.6 is 11.3 Å². The Bertz CT molecular complexity index is 2130. The quantitative estimate of drug-likeness (QED) is 0.225. The minimum atomic E-state index is 1.12. The molecule has 0 aliphatic heterocycles. The number of benzene rings is 5. The van der Waals surface area contributed by atoms with Crippen LogP contribution in [-0.2, 0) is 0 Å². The normalized spacial score (nSPS) is 12.1. The average molecular weight is 516 g/mol. The molecule has 0 saturated heterocycles. The highest BCUT2D eigenvalue weighted by Crippen LogP contribution is 2.43. The summed E-state index contributed by atoms with van der Waals surface area (Å²) in [5.74, 6) is 0. The van der Waals surface area contributed by atoms with E-state index in [0.29, 0.717) is 0 Å². The second-order valence-electron chi connectivity index (χ2n) is 10.0. The van der Waals surface area contributed by atoms with E-state index in [1.807, 2.05) is 23.7 Å². The molecule has 0 saturated carbocycles. The molecule has 0 fully saturated rings. The molecule has 0 bridgehead atoms. The predicted octanol–water partition coefficient (Wildman–Crippen LogP) is 9.64. The summed E-state index contributed by atoms with van der Waals surface area (Å²) in [6.45, 7) is 0. The van der Waals surface area contributed by atoms with Gasteiger partial charge in [0.15, 0.2) is 0 Å². The molecule has 0 aliphatic carbocycles. The van der Waals surface area contributed by atoms with Crippen LogP contribution < -0.4 is 0 Å². The zero-order valence-electron chi connectivity index (χ0n) is 20.9. The van der Waals surface area contributed by atoms with Gasteiger partial charge in [-0.3, -0.25) is 4.98 Å². The Morgan fingerprint density at radius 2 is 0.821 bits per heavy atom. The number of hydrogen-bond acceptors (Lipinski definition) is 2. The van der Waals surface area contributed by atoms with Crippen molar-refractivity contribution in [2.75, 3.05) is 0 Å². The van der Waals surface area contributed by atoms with E-state index in [1.54, 1.807) is 0 Å². The highest BCUT2D eigenvalue weighted by atomic mass is 32.1. The molecule has 0 spiro atoms. The summed E-state index contributed by atoms with van der Waals surface area (Å²) in [6.07, 6.45) is 4.05. The van der Waals surface area contributed by atoms with E-state index in [1.165, 1.54) is 69.5 Å². The van der Waals surface area contributed by atoms with Crippen molar-refractivity contribution >= 4 is 75.1 Å². The Morgan fingerprint density at radius 3 is 1.36 bits per heavy atom. The minimum Gasteiger partial charge on any atom is -0.308 e. The Kier molecular flexibility index (Phi) is 4.21. The van der Waals surface area contributed by atoms with Crippen LogP contribution in [0.5, 0.6) is 0 Å². The smallest absolute Gasteiger partial charge is 0.0825 e. The highest BCUT2D eigenvalue weighted by Gasteiger charge is 2.19. The van der Waals surface area contributed by atoms with Crippen LogP contribution in [0.15, 0.2) is 128 Å². The van der Waals surface area contributed by atoms with Gasteiger partial charge in [0.05, 0.1) is 49.0 Å². The molecule has 39 heavy (non-hydrogen) atoms. The maximum atomic E-state index is 4.78. The molecule has 0 N–H and O–H groups in total. The molecule has 0 radical (unpaired) electrons. The fourth-order valence-electron chi connectivity index (χ4n) is 6.38. The second-order valence-corrected chi connectivity index (χ2v) is 11.1. The second kappa shape index (κ2) is 7.79. The van der Waals surface area contributed by atoms with Crippen molar-refractivity contribution in [3.05, 3.63) is 128 Å². The summed E-state index contributed by atoms with van der Waals surface area (Å²) in [4.78, 5) is 4.78. The predicted molar refractivity (Wildman–Crippen MR) is 166 cm³/mol. The first-order chi connectivity index (χ1) is 19.4. The number of hydrogen-bond donors (Lipinski definition) is 0. The summed E-state index contributed by atoms with van der Waals surface area (Å²) in [5, 5.41) is 7.51. The van der Waals surface area contributed by atoms with Crippen LogP contribution in [0.3, 0.4) is 0 Å². The number of thiophene rings is 1. The average Bonchev–Trinajstić information content (AvgIpc) is 3.65. The van der Waals surface area contributed by atoms with E-state index in [-0.39, 0.29) is 0 Å². The molecule has 0 atom stereocenters. The van der Waals surface area contributed by atoms with E-state index >= 15 is 0 Å². The molecule has 4 heteroatoms. The largest absolute Gasteiger partial charge is 0.308 e. The van der Waals surface area contributed by atoms with Gasteiger partial charge in [-0.2, -0.15) is 0 Å². The van der Waals surface area contributed by atoms with Crippen molar-refractivity contribution in [1.29, 1.82) is 0 Å². The van der Waals surface area contributed by atoms with E-state index < -0.39 is 0 Å². The monoisotopic (exact) mass is 515 g/mol. The van der Waals surface area contributed by atoms with Gasteiger partial charge >= 0.3 is 0 Å². The molecule has 182 valence electrons. The maximum Gasteiger partial charge on any atom is 0.0825 e. The first-order valence-electron chi connectivity index (χ1n) is 13.1. The minimum absolute atomic E-state index is 1.12. The maximum absolute atomic E-state index is 4.78. The van der Waals surface area contributed by atoms with E-state index in [4.69, 9.17) is 4.98 Å². The standard InChI is InChI=1S/C35H21N3S/c1-5-15-28-22(10-1)23-11-2-6-16-29(23)37(28)32-19-9-14-26-27-20-36-21-33(35(27)39-34(26)32)38-30-17-7-3-12-24(30)25-13-4-8-18-31(25)38/h1-21H.